The average Bonchev–Trinajstić information content (AvgIpc) is 2.55. The molecule has 0 aromatic heterocycles. The highest BCUT2D eigenvalue weighted by Crippen LogP contribution is 2.28. The van der Waals surface area contributed by atoms with Gasteiger partial charge in [0.15, 0.2) is 0 Å². The summed E-state index contributed by atoms with van der Waals surface area (Å²) < 4.78 is 33.7. The van der Waals surface area contributed by atoms with Gasteiger partial charge < -0.3 is 18.7 Å². The summed E-state index contributed by atoms with van der Waals surface area (Å²) in [6.45, 7) is 10.5. The molecule has 0 fully saturated rings. The molecule has 0 radical (unpaired) electrons. The lowest BCUT2D eigenvalue weighted by Gasteiger charge is -2.26. The molecule has 0 N–H and O–H groups in total. The molecule has 8 heteroatoms. The standard InChI is InChI=1S/C19H32N2O5S/c1-7-20(8-2)17-10-9-16(18(11-17)26-27(6,23)24)13-21(12-15(3)4)19(22)14-25-5/h9-11,15H,7-8,12-14H2,1-6H3. The van der Waals surface area contributed by atoms with Crippen LogP contribution < -0.4 is 9.08 Å². The number of benzene rings is 1. The van der Waals surface area contributed by atoms with Gasteiger partial charge in [0.2, 0.25) is 5.91 Å². The monoisotopic (exact) mass is 400 g/mol. The third kappa shape index (κ3) is 7.76. The normalized spacial score (nSPS) is 11.5. The van der Waals surface area contributed by atoms with E-state index in [2.05, 4.69) is 4.90 Å². The molecule has 0 aliphatic carbocycles. The molecule has 0 spiro atoms. The smallest absolute Gasteiger partial charge is 0.306 e. The summed E-state index contributed by atoms with van der Waals surface area (Å²) in [5.74, 6) is 0.366. The lowest BCUT2D eigenvalue weighted by Crippen LogP contribution is -2.36. The molecular weight excluding hydrogens is 368 g/mol. The topological polar surface area (TPSA) is 76.2 Å². The molecule has 0 heterocycles. The summed E-state index contributed by atoms with van der Waals surface area (Å²) in [5, 5.41) is 0. The van der Waals surface area contributed by atoms with Crippen LogP contribution in [0.1, 0.15) is 33.3 Å². The van der Waals surface area contributed by atoms with E-state index in [-0.39, 0.29) is 30.7 Å². The number of anilines is 1. The van der Waals surface area contributed by atoms with Crippen molar-refractivity contribution in [3.05, 3.63) is 23.8 Å². The largest absolute Gasteiger partial charge is 0.382 e. The number of rotatable bonds is 11. The van der Waals surface area contributed by atoms with Gasteiger partial charge in [0.05, 0.1) is 6.26 Å². The minimum Gasteiger partial charge on any atom is -0.382 e. The summed E-state index contributed by atoms with van der Waals surface area (Å²) in [6, 6.07) is 5.46. The number of nitrogens with zero attached hydrogens (tertiary/aromatic N) is 2. The van der Waals surface area contributed by atoms with Gasteiger partial charge in [0, 0.05) is 50.6 Å². The Labute approximate surface area is 163 Å². The van der Waals surface area contributed by atoms with E-state index in [4.69, 9.17) is 8.92 Å². The fourth-order valence-corrected chi connectivity index (χ4v) is 3.30. The van der Waals surface area contributed by atoms with Crippen LogP contribution >= 0.6 is 0 Å². The molecule has 27 heavy (non-hydrogen) atoms. The fourth-order valence-electron chi connectivity index (χ4n) is 2.82. The maximum atomic E-state index is 12.4. The Morgan fingerprint density at radius 3 is 2.30 bits per heavy atom. The number of carbonyl (C=O) groups excluding carboxylic acids is 1. The van der Waals surface area contributed by atoms with Gasteiger partial charge in [-0.1, -0.05) is 19.9 Å². The molecule has 0 atom stereocenters. The van der Waals surface area contributed by atoms with Crippen LogP contribution in [0, 0.1) is 5.92 Å². The van der Waals surface area contributed by atoms with E-state index in [0.29, 0.717) is 12.1 Å². The van der Waals surface area contributed by atoms with E-state index < -0.39 is 10.1 Å². The van der Waals surface area contributed by atoms with Crippen LogP contribution in [-0.2, 0) is 26.2 Å². The van der Waals surface area contributed by atoms with Gasteiger partial charge in [-0.15, -0.1) is 0 Å². The predicted octanol–water partition coefficient (Wildman–Crippen LogP) is 2.50. The number of methoxy groups -OCH3 is 1. The first-order valence-corrected chi connectivity index (χ1v) is 11.0. The van der Waals surface area contributed by atoms with Crippen molar-refractivity contribution in [3.8, 4) is 5.75 Å². The molecule has 0 unspecified atom stereocenters. The van der Waals surface area contributed by atoms with Crippen molar-refractivity contribution in [2.75, 3.05) is 44.5 Å². The third-order valence-electron chi connectivity index (χ3n) is 3.99. The minimum absolute atomic E-state index is 0.0213. The molecule has 0 bridgehead atoms. The number of amides is 1. The molecular formula is C19H32N2O5S. The van der Waals surface area contributed by atoms with Gasteiger partial charge in [0.1, 0.15) is 12.4 Å². The van der Waals surface area contributed by atoms with E-state index in [1.54, 1.807) is 11.0 Å². The number of hydrogen-bond acceptors (Lipinski definition) is 6. The summed E-state index contributed by atoms with van der Waals surface area (Å²) in [7, 11) is -2.22. The highest BCUT2D eigenvalue weighted by Gasteiger charge is 2.20. The molecule has 0 aliphatic heterocycles. The van der Waals surface area contributed by atoms with Gasteiger partial charge >= 0.3 is 10.1 Å². The highest BCUT2D eigenvalue weighted by molar-refractivity contribution is 7.86. The molecule has 0 saturated heterocycles. The Morgan fingerprint density at radius 2 is 1.81 bits per heavy atom. The molecule has 1 aromatic carbocycles. The second-order valence-electron chi connectivity index (χ2n) is 6.85. The van der Waals surface area contributed by atoms with Crippen molar-refractivity contribution in [1.82, 2.24) is 4.90 Å². The maximum Gasteiger partial charge on any atom is 0.306 e. The van der Waals surface area contributed by atoms with Crippen molar-refractivity contribution < 1.29 is 22.1 Å². The van der Waals surface area contributed by atoms with E-state index in [1.165, 1.54) is 7.11 Å². The lowest BCUT2D eigenvalue weighted by atomic mass is 10.1. The average molecular weight is 401 g/mol. The zero-order valence-corrected chi connectivity index (χ0v) is 18.0. The first-order chi connectivity index (χ1) is 12.6. The Balaban J connectivity index is 3.27. The third-order valence-corrected chi connectivity index (χ3v) is 4.47. The fraction of sp³-hybridized carbons (Fsp3) is 0.632. The molecule has 1 amide bonds. The Hall–Kier alpha value is -1.80. The zero-order valence-electron chi connectivity index (χ0n) is 17.2. The Bertz CT molecular complexity index is 715. The van der Waals surface area contributed by atoms with E-state index >= 15 is 0 Å². The van der Waals surface area contributed by atoms with E-state index in [9.17, 15) is 13.2 Å². The SMILES string of the molecule is CCN(CC)c1ccc(CN(CC(C)C)C(=O)COC)c(OS(C)(=O)=O)c1. The summed E-state index contributed by atoms with van der Waals surface area (Å²) in [6.07, 6.45) is 1.02. The summed E-state index contributed by atoms with van der Waals surface area (Å²) >= 11 is 0. The van der Waals surface area contributed by atoms with Gasteiger partial charge in [-0.05, 0) is 25.8 Å². The first-order valence-electron chi connectivity index (χ1n) is 9.15. The van der Waals surface area contributed by atoms with E-state index in [0.717, 1.165) is 25.0 Å². The van der Waals surface area contributed by atoms with Crippen molar-refractivity contribution in [2.24, 2.45) is 5.92 Å². The van der Waals surface area contributed by atoms with Crippen LogP contribution in [0.25, 0.3) is 0 Å². The van der Waals surface area contributed by atoms with Crippen molar-refractivity contribution >= 4 is 21.7 Å². The maximum absolute atomic E-state index is 12.4. The second kappa shape index (κ2) is 10.5. The molecule has 0 saturated carbocycles. The van der Waals surface area contributed by atoms with Gasteiger partial charge in [-0.25, -0.2) is 0 Å². The van der Waals surface area contributed by atoms with Gasteiger partial charge in [0.25, 0.3) is 0 Å². The molecule has 0 aliphatic rings. The number of hydrogen-bond donors (Lipinski definition) is 0. The van der Waals surface area contributed by atoms with Crippen LogP contribution in [-0.4, -0.2) is 58.8 Å². The summed E-state index contributed by atoms with van der Waals surface area (Å²) in [4.78, 5) is 16.1. The molecule has 1 rings (SSSR count). The van der Waals surface area contributed by atoms with Gasteiger partial charge in [-0.2, -0.15) is 8.42 Å². The molecule has 1 aromatic rings. The number of ether oxygens (including phenoxy) is 1. The number of carbonyl (C=O) groups is 1. The first kappa shape index (κ1) is 23.2. The minimum atomic E-state index is -3.69. The highest BCUT2D eigenvalue weighted by atomic mass is 32.2. The quantitative estimate of drug-likeness (QED) is 0.531. The second-order valence-corrected chi connectivity index (χ2v) is 8.43. The van der Waals surface area contributed by atoms with Crippen LogP contribution in [0.3, 0.4) is 0 Å². The van der Waals surface area contributed by atoms with E-state index in [1.807, 2.05) is 39.8 Å². The van der Waals surface area contributed by atoms with Gasteiger partial charge in [-0.3, -0.25) is 4.79 Å². The van der Waals surface area contributed by atoms with Crippen LogP contribution in [0.2, 0.25) is 0 Å². The lowest BCUT2D eigenvalue weighted by molar-refractivity contribution is -0.136. The molecule has 7 nitrogen and oxygen atoms in total. The van der Waals surface area contributed by atoms with Crippen LogP contribution in [0.4, 0.5) is 5.69 Å². The predicted molar refractivity (Wildman–Crippen MR) is 108 cm³/mol. The summed E-state index contributed by atoms with van der Waals surface area (Å²) in [5.41, 5.74) is 1.52. The van der Waals surface area contributed by atoms with Crippen molar-refractivity contribution in [2.45, 2.75) is 34.2 Å². The van der Waals surface area contributed by atoms with Crippen LogP contribution in [0.5, 0.6) is 5.75 Å². The van der Waals surface area contributed by atoms with Crippen molar-refractivity contribution in [1.29, 1.82) is 0 Å². The zero-order chi connectivity index (χ0) is 20.6. The van der Waals surface area contributed by atoms with Crippen molar-refractivity contribution in [3.63, 3.8) is 0 Å². The Kier molecular flexibility index (Phi) is 9.05. The molecule has 154 valence electrons. The Morgan fingerprint density at radius 1 is 1.19 bits per heavy atom. The van der Waals surface area contributed by atoms with Crippen LogP contribution in [0.15, 0.2) is 18.2 Å².